The molecule has 0 spiro atoms. The van der Waals surface area contributed by atoms with Gasteiger partial charge in [0.05, 0.1) is 6.61 Å². The maximum atomic E-state index is 5.55. The molecule has 1 aliphatic rings. The number of hydrogen-bond acceptors (Lipinski definition) is 6. The van der Waals surface area contributed by atoms with Gasteiger partial charge < -0.3 is 15.4 Å². The fraction of sp³-hybridized carbons (Fsp3) is 0.800. The first-order valence-electron chi connectivity index (χ1n) is 8.08. The van der Waals surface area contributed by atoms with Gasteiger partial charge in [0.2, 0.25) is 11.9 Å². The zero-order valence-corrected chi connectivity index (χ0v) is 13.4. The Bertz CT molecular complexity index is 421. The lowest BCUT2D eigenvalue weighted by Crippen LogP contribution is -2.17. The highest BCUT2D eigenvalue weighted by atomic mass is 16.5. The molecule has 1 aliphatic carbocycles. The minimum atomic E-state index is 0.397. The van der Waals surface area contributed by atoms with Crippen molar-refractivity contribution in [1.82, 2.24) is 15.0 Å². The Morgan fingerprint density at radius 1 is 1.00 bits per heavy atom. The normalized spacial score (nSPS) is 15.6. The van der Waals surface area contributed by atoms with Gasteiger partial charge in [-0.05, 0) is 37.5 Å². The Labute approximate surface area is 127 Å². The van der Waals surface area contributed by atoms with E-state index in [4.69, 9.17) is 4.74 Å². The molecule has 0 bridgehead atoms. The minimum Gasteiger partial charge on any atom is -0.463 e. The molecule has 0 amide bonds. The van der Waals surface area contributed by atoms with Gasteiger partial charge in [0.25, 0.3) is 0 Å². The van der Waals surface area contributed by atoms with E-state index in [2.05, 4.69) is 46.4 Å². The van der Waals surface area contributed by atoms with Crippen molar-refractivity contribution in [2.24, 2.45) is 5.41 Å². The van der Waals surface area contributed by atoms with E-state index in [-0.39, 0.29) is 0 Å². The van der Waals surface area contributed by atoms with Crippen LogP contribution in [0, 0.1) is 5.41 Å². The number of anilines is 2. The molecule has 1 heterocycles. The van der Waals surface area contributed by atoms with E-state index in [1.165, 1.54) is 19.3 Å². The molecule has 21 heavy (non-hydrogen) atoms. The Balaban J connectivity index is 2.02. The number of nitrogens with zero attached hydrogens (tertiary/aromatic N) is 3. The molecule has 0 aliphatic heterocycles. The largest absolute Gasteiger partial charge is 0.463 e. The SMILES string of the molecule is CCCNc1nc(NCC2(CC)CC2)nc(OCCC)n1. The summed E-state index contributed by atoms with van der Waals surface area (Å²) >= 11 is 0. The molecule has 0 saturated heterocycles. The second kappa shape index (κ2) is 7.43. The van der Waals surface area contributed by atoms with Crippen LogP contribution in [0.4, 0.5) is 11.9 Å². The molecule has 118 valence electrons. The van der Waals surface area contributed by atoms with Crippen molar-refractivity contribution in [2.45, 2.75) is 52.9 Å². The molecular formula is C15H27N5O. The molecule has 2 rings (SSSR count). The van der Waals surface area contributed by atoms with Crippen LogP contribution < -0.4 is 15.4 Å². The Morgan fingerprint density at radius 2 is 1.71 bits per heavy atom. The lowest BCUT2D eigenvalue weighted by molar-refractivity contribution is 0.292. The third kappa shape index (κ3) is 4.72. The monoisotopic (exact) mass is 293 g/mol. The molecule has 6 nitrogen and oxygen atoms in total. The summed E-state index contributed by atoms with van der Waals surface area (Å²) in [5, 5.41) is 6.55. The fourth-order valence-corrected chi connectivity index (χ4v) is 2.11. The second-order valence-electron chi connectivity index (χ2n) is 5.75. The summed E-state index contributed by atoms with van der Waals surface area (Å²) in [7, 11) is 0. The molecule has 1 aromatic rings. The number of rotatable bonds is 10. The van der Waals surface area contributed by atoms with Gasteiger partial charge in [0.1, 0.15) is 0 Å². The first-order chi connectivity index (χ1) is 10.2. The van der Waals surface area contributed by atoms with Gasteiger partial charge in [-0.25, -0.2) is 0 Å². The van der Waals surface area contributed by atoms with Crippen LogP contribution in [0.2, 0.25) is 0 Å². The van der Waals surface area contributed by atoms with Gasteiger partial charge in [0.15, 0.2) is 0 Å². The quantitative estimate of drug-likeness (QED) is 0.690. The van der Waals surface area contributed by atoms with E-state index >= 15 is 0 Å². The van der Waals surface area contributed by atoms with Crippen molar-refractivity contribution >= 4 is 11.9 Å². The predicted octanol–water partition coefficient (Wildman–Crippen LogP) is 3.08. The van der Waals surface area contributed by atoms with Crippen LogP contribution in [0.5, 0.6) is 6.01 Å². The zero-order valence-electron chi connectivity index (χ0n) is 13.4. The second-order valence-corrected chi connectivity index (χ2v) is 5.75. The average Bonchev–Trinajstić information content (AvgIpc) is 3.29. The highest BCUT2D eigenvalue weighted by Crippen LogP contribution is 2.48. The lowest BCUT2D eigenvalue weighted by atomic mass is 10.0. The van der Waals surface area contributed by atoms with E-state index in [0.717, 1.165) is 25.9 Å². The summed E-state index contributed by atoms with van der Waals surface area (Å²) in [6, 6.07) is 0.397. The van der Waals surface area contributed by atoms with Gasteiger partial charge in [-0.2, -0.15) is 15.0 Å². The van der Waals surface area contributed by atoms with Crippen molar-refractivity contribution in [1.29, 1.82) is 0 Å². The minimum absolute atomic E-state index is 0.397. The summed E-state index contributed by atoms with van der Waals surface area (Å²) in [6.07, 6.45) is 5.75. The fourth-order valence-electron chi connectivity index (χ4n) is 2.11. The topological polar surface area (TPSA) is 72.0 Å². The van der Waals surface area contributed by atoms with E-state index in [1.54, 1.807) is 0 Å². The molecule has 2 N–H and O–H groups in total. The molecule has 0 aromatic carbocycles. The highest BCUT2D eigenvalue weighted by molar-refractivity contribution is 5.36. The highest BCUT2D eigenvalue weighted by Gasteiger charge is 2.40. The van der Waals surface area contributed by atoms with Crippen molar-refractivity contribution in [2.75, 3.05) is 30.3 Å². The number of nitrogens with one attached hydrogen (secondary N) is 2. The smallest absolute Gasteiger partial charge is 0.323 e. The molecule has 6 heteroatoms. The first-order valence-corrected chi connectivity index (χ1v) is 8.08. The maximum absolute atomic E-state index is 5.55. The number of ether oxygens (including phenoxy) is 1. The average molecular weight is 293 g/mol. The summed E-state index contributed by atoms with van der Waals surface area (Å²) < 4.78 is 5.55. The van der Waals surface area contributed by atoms with Crippen LogP contribution in [0.1, 0.15) is 52.9 Å². The summed E-state index contributed by atoms with van der Waals surface area (Å²) in [6.45, 7) is 8.81. The molecule has 0 atom stereocenters. The van der Waals surface area contributed by atoms with E-state index in [0.29, 0.717) is 29.9 Å². The van der Waals surface area contributed by atoms with Crippen LogP contribution in [-0.2, 0) is 0 Å². The third-order valence-electron chi connectivity index (χ3n) is 3.91. The van der Waals surface area contributed by atoms with Crippen molar-refractivity contribution < 1.29 is 4.74 Å². The van der Waals surface area contributed by atoms with Crippen molar-refractivity contribution in [3.63, 3.8) is 0 Å². The summed E-state index contributed by atoms with van der Waals surface area (Å²) in [5.74, 6) is 1.19. The first kappa shape index (κ1) is 15.8. The van der Waals surface area contributed by atoms with Crippen LogP contribution in [-0.4, -0.2) is 34.6 Å². The van der Waals surface area contributed by atoms with Gasteiger partial charge >= 0.3 is 6.01 Å². The Hall–Kier alpha value is -1.59. The molecule has 0 radical (unpaired) electrons. The van der Waals surface area contributed by atoms with Crippen LogP contribution in [0.15, 0.2) is 0 Å². The van der Waals surface area contributed by atoms with Crippen LogP contribution >= 0.6 is 0 Å². The molecule has 1 aromatic heterocycles. The van der Waals surface area contributed by atoms with E-state index < -0.39 is 0 Å². The number of aromatic nitrogens is 3. The van der Waals surface area contributed by atoms with Crippen molar-refractivity contribution in [3.8, 4) is 6.01 Å². The Morgan fingerprint density at radius 3 is 2.29 bits per heavy atom. The molecule has 1 fully saturated rings. The van der Waals surface area contributed by atoms with E-state index in [9.17, 15) is 0 Å². The van der Waals surface area contributed by atoms with Crippen LogP contribution in [0.25, 0.3) is 0 Å². The zero-order chi connectivity index (χ0) is 15.1. The molecular weight excluding hydrogens is 266 g/mol. The standard InChI is InChI=1S/C15H27N5O/c1-4-9-16-12-18-13(17-11-15(6-3)7-8-15)20-14(19-12)21-10-5-2/h4-11H2,1-3H3,(H2,16,17,18,19,20). The van der Waals surface area contributed by atoms with Gasteiger partial charge in [-0.1, -0.05) is 20.8 Å². The van der Waals surface area contributed by atoms with Gasteiger partial charge in [-0.15, -0.1) is 0 Å². The Kier molecular flexibility index (Phi) is 5.59. The van der Waals surface area contributed by atoms with Crippen molar-refractivity contribution in [3.05, 3.63) is 0 Å². The maximum Gasteiger partial charge on any atom is 0.323 e. The van der Waals surface area contributed by atoms with Crippen LogP contribution in [0.3, 0.4) is 0 Å². The van der Waals surface area contributed by atoms with E-state index in [1.807, 2.05) is 0 Å². The summed E-state index contributed by atoms with van der Waals surface area (Å²) in [5.41, 5.74) is 0.452. The van der Waals surface area contributed by atoms with Gasteiger partial charge in [0, 0.05) is 13.1 Å². The molecule has 1 saturated carbocycles. The number of hydrogen-bond donors (Lipinski definition) is 2. The third-order valence-corrected chi connectivity index (χ3v) is 3.91. The summed E-state index contributed by atoms with van der Waals surface area (Å²) in [4.78, 5) is 13.1. The molecule has 0 unspecified atom stereocenters. The predicted molar refractivity (Wildman–Crippen MR) is 84.8 cm³/mol. The lowest BCUT2D eigenvalue weighted by Gasteiger charge is -2.14. The van der Waals surface area contributed by atoms with Gasteiger partial charge in [-0.3, -0.25) is 0 Å².